The number of nitrogens with zero attached hydrogens (tertiary/aromatic N) is 2. The largest absolute Gasteiger partial charge is 0.492 e. The molecule has 280 valence electrons. The van der Waals surface area contributed by atoms with E-state index in [2.05, 4.69) is 55.7 Å². The van der Waals surface area contributed by atoms with E-state index >= 15 is 0 Å². The predicted octanol–water partition coefficient (Wildman–Crippen LogP) is 6.87. The highest BCUT2D eigenvalue weighted by Gasteiger charge is 2.40. The molecule has 0 bridgehead atoms. The first kappa shape index (κ1) is 42.4. The molecule has 2 N–H and O–H groups in total. The van der Waals surface area contributed by atoms with Crippen LogP contribution in [0.1, 0.15) is 62.8 Å². The Kier molecular flexibility index (Phi) is 16.8. The summed E-state index contributed by atoms with van der Waals surface area (Å²) in [6.07, 6.45) is 1.14. The van der Waals surface area contributed by atoms with Gasteiger partial charge in [-0.1, -0.05) is 74.8 Å². The molecule has 2 aliphatic heterocycles. The van der Waals surface area contributed by atoms with E-state index in [9.17, 15) is 9.59 Å². The van der Waals surface area contributed by atoms with Crippen LogP contribution in [0, 0.1) is 5.41 Å². The van der Waals surface area contributed by atoms with Gasteiger partial charge in [0.15, 0.2) is 11.5 Å². The first-order chi connectivity index (χ1) is 23.6. The quantitative estimate of drug-likeness (QED) is 0.173. The molecule has 2 atom stereocenters. The molecule has 0 spiro atoms. The lowest BCUT2D eigenvalue weighted by Crippen LogP contribution is -2.49. The van der Waals surface area contributed by atoms with Crippen LogP contribution < -0.4 is 25.0 Å². The minimum atomic E-state index is -1.01. The normalized spacial score (nSPS) is 17.5. The van der Waals surface area contributed by atoms with E-state index in [1.165, 1.54) is 5.56 Å². The van der Waals surface area contributed by atoms with Crippen LogP contribution in [0.4, 0.5) is 5.69 Å². The Bertz CT molecular complexity index is 1550. The molecule has 2 aliphatic rings. The molecule has 1 fully saturated rings. The molecule has 0 unspecified atom stereocenters. The third-order valence-corrected chi connectivity index (χ3v) is 9.02. The number of carbonyl (C=O) groups is 2. The van der Waals surface area contributed by atoms with Crippen molar-refractivity contribution in [3.63, 3.8) is 0 Å². The summed E-state index contributed by atoms with van der Waals surface area (Å²) in [6, 6.07) is 21.7. The second-order valence-electron chi connectivity index (χ2n) is 13.9. The van der Waals surface area contributed by atoms with E-state index < -0.39 is 12.2 Å². The average Bonchev–Trinajstić information content (AvgIpc) is 3.19. The Labute approximate surface area is 320 Å². The molecular weight excluding hydrogens is 711 g/mol. The highest BCUT2D eigenvalue weighted by atomic mass is 35.5. The van der Waals surface area contributed by atoms with E-state index in [1.54, 1.807) is 23.0 Å². The molecule has 2 amide bonds. The van der Waals surface area contributed by atoms with E-state index in [0.717, 1.165) is 51.0 Å². The molecule has 3 aromatic rings. The Morgan fingerprint density at radius 1 is 0.980 bits per heavy atom. The van der Waals surface area contributed by atoms with E-state index in [-0.39, 0.29) is 48.5 Å². The molecule has 12 heteroatoms. The van der Waals surface area contributed by atoms with Crippen LogP contribution >= 0.6 is 36.4 Å². The first-order valence-electron chi connectivity index (χ1n) is 17.4. The highest BCUT2D eigenvalue weighted by Crippen LogP contribution is 2.45. The van der Waals surface area contributed by atoms with Crippen LogP contribution in [0.3, 0.4) is 0 Å². The third kappa shape index (κ3) is 11.7. The van der Waals surface area contributed by atoms with Gasteiger partial charge in [-0.05, 0) is 67.6 Å². The van der Waals surface area contributed by atoms with Gasteiger partial charge in [0.25, 0.3) is 5.91 Å². The monoisotopic (exact) mass is 762 g/mol. The second-order valence-corrected chi connectivity index (χ2v) is 14.4. The zero-order valence-electron chi connectivity index (χ0n) is 30.1. The fourth-order valence-electron chi connectivity index (χ4n) is 6.42. The minimum Gasteiger partial charge on any atom is -0.492 e. The molecule has 51 heavy (non-hydrogen) atoms. The lowest BCUT2D eigenvalue weighted by molar-refractivity contribution is -0.143. The summed E-state index contributed by atoms with van der Waals surface area (Å²) in [4.78, 5) is 31.5. The Balaban J connectivity index is 0.00000351. The van der Waals surface area contributed by atoms with Gasteiger partial charge in [0.05, 0.1) is 20.1 Å². The SMILES string of the molecule is COc1c(OCCCNCCCc2ccccc2)cccc1[C@@H]1O[C@@H](CC(=O)N2CCNCC2)C(=O)N(CC(C)(C)C)c2ccc(Cl)cc21.Cl.Cl. The van der Waals surface area contributed by atoms with Gasteiger partial charge < -0.3 is 34.6 Å². The summed E-state index contributed by atoms with van der Waals surface area (Å²) in [5, 5.41) is 7.31. The number of benzene rings is 3. The molecule has 2 heterocycles. The van der Waals surface area contributed by atoms with E-state index in [4.69, 9.17) is 25.8 Å². The van der Waals surface area contributed by atoms with Crippen molar-refractivity contribution in [2.75, 3.05) is 64.4 Å². The van der Waals surface area contributed by atoms with Crippen molar-refractivity contribution in [1.82, 2.24) is 15.5 Å². The number of amides is 2. The van der Waals surface area contributed by atoms with Crippen molar-refractivity contribution in [1.29, 1.82) is 0 Å². The van der Waals surface area contributed by atoms with Crippen molar-refractivity contribution in [3.8, 4) is 11.5 Å². The number of aryl methyl sites for hydroxylation is 1. The lowest BCUT2D eigenvalue weighted by Gasteiger charge is -2.32. The van der Waals surface area contributed by atoms with Crippen LogP contribution in [0.5, 0.6) is 11.5 Å². The number of methoxy groups -OCH3 is 1. The van der Waals surface area contributed by atoms with E-state index in [0.29, 0.717) is 54.0 Å². The lowest BCUT2D eigenvalue weighted by atomic mass is 9.94. The van der Waals surface area contributed by atoms with Crippen LogP contribution in [0.15, 0.2) is 66.7 Å². The molecule has 9 nitrogen and oxygen atoms in total. The molecule has 0 aromatic heterocycles. The average molecular weight is 764 g/mol. The minimum absolute atomic E-state index is 0. The van der Waals surface area contributed by atoms with Gasteiger partial charge in [0.1, 0.15) is 12.2 Å². The molecule has 0 saturated carbocycles. The number of anilines is 1. The number of hydrogen-bond acceptors (Lipinski definition) is 7. The van der Waals surface area contributed by atoms with Gasteiger partial charge in [0.2, 0.25) is 5.91 Å². The number of fused-ring (bicyclic) bond motifs is 1. The Morgan fingerprint density at radius 2 is 1.71 bits per heavy atom. The number of hydrogen-bond donors (Lipinski definition) is 2. The van der Waals surface area contributed by atoms with Crippen LogP contribution in [0.2, 0.25) is 5.02 Å². The van der Waals surface area contributed by atoms with Crippen LogP contribution in [-0.2, 0) is 20.7 Å². The number of carbonyl (C=O) groups excluding carboxylic acids is 2. The Morgan fingerprint density at radius 3 is 2.41 bits per heavy atom. The van der Waals surface area contributed by atoms with Gasteiger partial charge in [-0.3, -0.25) is 9.59 Å². The molecule has 3 aromatic carbocycles. The summed E-state index contributed by atoms with van der Waals surface area (Å²) < 4.78 is 19.0. The summed E-state index contributed by atoms with van der Waals surface area (Å²) in [7, 11) is 1.61. The fourth-order valence-corrected chi connectivity index (χ4v) is 6.60. The maximum absolute atomic E-state index is 14.4. The maximum Gasteiger partial charge on any atom is 0.256 e. The zero-order valence-corrected chi connectivity index (χ0v) is 32.5. The molecular formula is C39H53Cl3N4O5. The standard InChI is InChI=1S/C39H51ClN4O5.2ClH/c1-39(2,3)27-44-32-17-16-29(40)25-31(32)36(49-34(38(44)46)26-35(45)43-22-20-42-21-23-43)30-14-8-15-33(37(30)47-4)48-24-10-19-41-18-9-13-28-11-6-5-7-12-28;;/h5-8,11-12,14-17,25,34,36,41-42H,9-10,13,18-24,26-27H2,1-4H3;2*1H/t34-,36-;;/m0../s1. The molecule has 0 aliphatic carbocycles. The van der Waals surface area contributed by atoms with Crippen LogP contribution in [-0.4, -0.2) is 82.3 Å². The van der Waals surface area contributed by atoms with Gasteiger partial charge >= 0.3 is 0 Å². The molecule has 0 radical (unpaired) electrons. The Hall–Kier alpha value is -3.05. The topological polar surface area (TPSA) is 92.4 Å². The van der Waals surface area contributed by atoms with Crippen molar-refractivity contribution in [3.05, 3.63) is 88.4 Å². The predicted molar refractivity (Wildman–Crippen MR) is 209 cm³/mol. The summed E-state index contributed by atoms with van der Waals surface area (Å²) >= 11 is 6.60. The maximum atomic E-state index is 14.4. The first-order valence-corrected chi connectivity index (χ1v) is 17.8. The van der Waals surface area contributed by atoms with E-state index in [1.807, 2.05) is 36.4 Å². The van der Waals surface area contributed by atoms with Gasteiger partial charge in [0, 0.05) is 54.6 Å². The third-order valence-electron chi connectivity index (χ3n) is 8.78. The summed E-state index contributed by atoms with van der Waals surface area (Å²) in [5.41, 5.74) is 3.27. The number of halogens is 3. The number of rotatable bonds is 14. The number of ether oxygens (including phenoxy) is 3. The van der Waals surface area contributed by atoms with Crippen molar-refractivity contribution in [2.45, 2.75) is 58.7 Å². The van der Waals surface area contributed by atoms with Crippen molar-refractivity contribution in [2.24, 2.45) is 5.41 Å². The van der Waals surface area contributed by atoms with Crippen LogP contribution in [0.25, 0.3) is 0 Å². The van der Waals surface area contributed by atoms with Gasteiger partial charge in [-0.15, -0.1) is 24.8 Å². The highest BCUT2D eigenvalue weighted by molar-refractivity contribution is 6.30. The summed E-state index contributed by atoms with van der Waals surface area (Å²) in [5.74, 6) is 0.771. The van der Waals surface area contributed by atoms with Crippen molar-refractivity contribution < 1.29 is 23.8 Å². The number of para-hydroxylation sites is 1. The fraction of sp³-hybridized carbons (Fsp3) is 0.487. The summed E-state index contributed by atoms with van der Waals surface area (Å²) in [6.45, 7) is 11.6. The second kappa shape index (κ2) is 20.3. The number of nitrogens with one attached hydrogen (secondary N) is 2. The number of piperazine rings is 1. The molecule has 5 rings (SSSR count). The zero-order chi connectivity index (χ0) is 34.8. The van der Waals surface area contributed by atoms with Gasteiger partial charge in [-0.2, -0.15) is 0 Å². The van der Waals surface area contributed by atoms with Gasteiger partial charge in [-0.25, -0.2) is 0 Å². The molecule has 1 saturated heterocycles. The van der Waals surface area contributed by atoms with Crippen molar-refractivity contribution >= 4 is 53.9 Å². The smallest absolute Gasteiger partial charge is 0.256 e.